The average Bonchev–Trinajstić information content (AvgIpc) is 3.26. The van der Waals surface area contributed by atoms with Gasteiger partial charge in [0.2, 0.25) is 6.79 Å². The van der Waals surface area contributed by atoms with Crippen LogP contribution in [0.3, 0.4) is 0 Å². The second kappa shape index (κ2) is 5.24. The number of hydrogen-bond acceptors (Lipinski definition) is 4. The molecule has 6 heteroatoms. The molecule has 1 N–H and O–H groups in total. The number of ether oxygens (including phenoxy) is 2. The zero-order valence-corrected chi connectivity index (χ0v) is 13.8. The Morgan fingerprint density at radius 2 is 2.00 bits per heavy atom. The number of amides is 1. The van der Waals surface area contributed by atoms with Gasteiger partial charge in [0.15, 0.2) is 11.5 Å². The van der Waals surface area contributed by atoms with Crippen molar-refractivity contribution in [1.82, 2.24) is 9.55 Å². The van der Waals surface area contributed by atoms with Crippen LogP contribution in [-0.4, -0.2) is 22.3 Å². The summed E-state index contributed by atoms with van der Waals surface area (Å²) < 4.78 is 12.7. The number of anilines is 1. The van der Waals surface area contributed by atoms with Gasteiger partial charge >= 0.3 is 0 Å². The number of aromatic nitrogens is 2. The highest BCUT2D eigenvalue weighted by Crippen LogP contribution is 2.40. The molecule has 1 fully saturated rings. The van der Waals surface area contributed by atoms with Crippen LogP contribution in [0.2, 0.25) is 0 Å². The Labute approximate surface area is 144 Å². The molecular formula is C19H17N3O3. The number of fused-ring (bicyclic) bond motifs is 2. The molecule has 5 rings (SSSR count). The molecule has 1 amide bonds. The first-order valence-corrected chi connectivity index (χ1v) is 8.36. The lowest BCUT2D eigenvalue weighted by atomic mass is 10.2. The smallest absolute Gasteiger partial charge is 0.255 e. The van der Waals surface area contributed by atoms with Gasteiger partial charge in [-0.05, 0) is 49.2 Å². The molecule has 2 aromatic carbocycles. The van der Waals surface area contributed by atoms with E-state index in [0.29, 0.717) is 23.0 Å². The van der Waals surface area contributed by atoms with Crippen LogP contribution in [0.15, 0.2) is 36.4 Å². The maximum Gasteiger partial charge on any atom is 0.255 e. The monoisotopic (exact) mass is 335 g/mol. The van der Waals surface area contributed by atoms with Gasteiger partial charge in [-0.15, -0.1) is 0 Å². The fraction of sp³-hybridized carbons (Fsp3) is 0.263. The van der Waals surface area contributed by atoms with E-state index in [4.69, 9.17) is 14.5 Å². The standard InChI is InChI=1S/C19H17N3O3/c1-22-15-6-5-13(9-14(15)21-18(22)11-2-3-11)20-19(23)12-4-7-16-17(8-12)25-10-24-16/h4-9,11H,2-3,10H2,1H3,(H,20,23). The predicted molar refractivity (Wildman–Crippen MR) is 93.2 cm³/mol. The highest BCUT2D eigenvalue weighted by atomic mass is 16.7. The van der Waals surface area contributed by atoms with Gasteiger partial charge in [-0.3, -0.25) is 4.79 Å². The molecule has 25 heavy (non-hydrogen) atoms. The summed E-state index contributed by atoms with van der Waals surface area (Å²) in [5, 5.41) is 2.93. The Balaban J connectivity index is 1.42. The van der Waals surface area contributed by atoms with Crippen LogP contribution >= 0.6 is 0 Å². The van der Waals surface area contributed by atoms with Crippen molar-refractivity contribution >= 4 is 22.6 Å². The lowest BCUT2D eigenvalue weighted by molar-refractivity contribution is 0.102. The number of rotatable bonds is 3. The van der Waals surface area contributed by atoms with E-state index in [1.54, 1.807) is 18.2 Å². The minimum atomic E-state index is -0.184. The zero-order chi connectivity index (χ0) is 17.0. The summed E-state index contributed by atoms with van der Waals surface area (Å²) in [7, 11) is 2.05. The highest BCUT2D eigenvalue weighted by molar-refractivity contribution is 6.05. The second-order valence-electron chi connectivity index (χ2n) is 6.53. The fourth-order valence-electron chi connectivity index (χ4n) is 3.24. The molecule has 2 heterocycles. The summed E-state index contributed by atoms with van der Waals surface area (Å²) in [5.74, 6) is 2.80. The van der Waals surface area contributed by atoms with Gasteiger partial charge in [0, 0.05) is 24.2 Å². The number of aryl methyl sites for hydroxylation is 1. The van der Waals surface area contributed by atoms with E-state index in [0.717, 1.165) is 22.5 Å². The van der Waals surface area contributed by atoms with E-state index in [-0.39, 0.29) is 12.7 Å². The van der Waals surface area contributed by atoms with Crippen LogP contribution in [0.25, 0.3) is 11.0 Å². The van der Waals surface area contributed by atoms with Gasteiger partial charge in [-0.25, -0.2) is 4.98 Å². The van der Waals surface area contributed by atoms with Gasteiger partial charge in [0.1, 0.15) is 5.82 Å². The first-order valence-electron chi connectivity index (χ1n) is 8.36. The van der Waals surface area contributed by atoms with E-state index in [2.05, 4.69) is 9.88 Å². The average molecular weight is 335 g/mol. The molecular weight excluding hydrogens is 318 g/mol. The summed E-state index contributed by atoms with van der Waals surface area (Å²) in [4.78, 5) is 17.2. The lowest BCUT2D eigenvalue weighted by Crippen LogP contribution is -2.11. The van der Waals surface area contributed by atoms with E-state index >= 15 is 0 Å². The first-order chi connectivity index (χ1) is 12.2. The van der Waals surface area contributed by atoms with E-state index in [1.807, 2.05) is 25.2 Å². The highest BCUT2D eigenvalue weighted by Gasteiger charge is 2.28. The first kappa shape index (κ1) is 14.3. The van der Waals surface area contributed by atoms with Crippen LogP contribution in [0.4, 0.5) is 5.69 Å². The Morgan fingerprint density at radius 3 is 2.84 bits per heavy atom. The SMILES string of the molecule is Cn1c(C2CC2)nc2cc(NC(=O)c3ccc4c(c3)OCO4)ccc21. The molecule has 1 aromatic heterocycles. The van der Waals surface area contributed by atoms with Crippen molar-refractivity contribution in [3.63, 3.8) is 0 Å². The van der Waals surface area contributed by atoms with E-state index in [1.165, 1.54) is 12.8 Å². The third kappa shape index (κ3) is 2.41. The van der Waals surface area contributed by atoms with Gasteiger partial charge < -0.3 is 19.4 Å². The quantitative estimate of drug-likeness (QED) is 0.796. The van der Waals surface area contributed by atoms with E-state index in [9.17, 15) is 4.79 Å². The molecule has 1 aliphatic heterocycles. The molecule has 0 radical (unpaired) electrons. The molecule has 3 aromatic rings. The fourth-order valence-corrected chi connectivity index (χ4v) is 3.24. The van der Waals surface area contributed by atoms with Crippen LogP contribution in [0.5, 0.6) is 11.5 Å². The minimum Gasteiger partial charge on any atom is -0.454 e. The number of nitrogens with one attached hydrogen (secondary N) is 1. The van der Waals surface area contributed by atoms with Crippen LogP contribution < -0.4 is 14.8 Å². The largest absolute Gasteiger partial charge is 0.454 e. The van der Waals surface area contributed by atoms with Gasteiger partial charge in [0.25, 0.3) is 5.91 Å². The molecule has 0 bridgehead atoms. The Kier molecular flexibility index (Phi) is 3.00. The lowest BCUT2D eigenvalue weighted by Gasteiger charge is -2.06. The summed E-state index contributed by atoms with van der Waals surface area (Å²) in [5.41, 5.74) is 3.26. The summed E-state index contributed by atoms with van der Waals surface area (Å²) in [6.45, 7) is 0.195. The number of carbonyl (C=O) groups excluding carboxylic acids is 1. The van der Waals surface area contributed by atoms with Gasteiger partial charge in [-0.1, -0.05) is 0 Å². The molecule has 0 unspecified atom stereocenters. The third-order valence-corrected chi connectivity index (χ3v) is 4.75. The van der Waals surface area contributed by atoms with Crippen molar-refractivity contribution in [1.29, 1.82) is 0 Å². The predicted octanol–water partition coefficient (Wildman–Crippen LogP) is 3.43. The molecule has 2 aliphatic rings. The molecule has 1 saturated carbocycles. The summed E-state index contributed by atoms with van der Waals surface area (Å²) >= 11 is 0. The number of hydrogen-bond donors (Lipinski definition) is 1. The number of nitrogens with zero attached hydrogens (tertiary/aromatic N) is 2. The van der Waals surface area contributed by atoms with Crippen molar-refractivity contribution in [2.75, 3.05) is 12.1 Å². The van der Waals surface area contributed by atoms with Crippen molar-refractivity contribution in [2.45, 2.75) is 18.8 Å². The molecule has 0 spiro atoms. The molecule has 126 valence electrons. The zero-order valence-electron chi connectivity index (χ0n) is 13.8. The van der Waals surface area contributed by atoms with Gasteiger partial charge in [-0.2, -0.15) is 0 Å². The van der Waals surface area contributed by atoms with Crippen molar-refractivity contribution in [3.8, 4) is 11.5 Å². The summed E-state index contributed by atoms with van der Waals surface area (Å²) in [6, 6.07) is 11.0. The number of benzene rings is 2. The summed E-state index contributed by atoms with van der Waals surface area (Å²) in [6.07, 6.45) is 2.43. The van der Waals surface area contributed by atoms with Gasteiger partial charge in [0.05, 0.1) is 11.0 Å². The van der Waals surface area contributed by atoms with E-state index < -0.39 is 0 Å². The molecule has 0 atom stereocenters. The number of carbonyl (C=O) groups is 1. The Hall–Kier alpha value is -3.02. The van der Waals surface area contributed by atoms with Crippen molar-refractivity contribution in [2.24, 2.45) is 7.05 Å². The Morgan fingerprint density at radius 1 is 1.16 bits per heavy atom. The van der Waals surface area contributed by atoms with Crippen LogP contribution in [0, 0.1) is 0 Å². The molecule has 1 aliphatic carbocycles. The molecule has 6 nitrogen and oxygen atoms in total. The number of imidazole rings is 1. The Bertz CT molecular complexity index is 1000. The molecule has 0 saturated heterocycles. The van der Waals surface area contributed by atoms with Crippen molar-refractivity contribution in [3.05, 3.63) is 47.8 Å². The second-order valence-corrected chi connectivity index (χ2v) is 6.53. The van der Waals surface area contributed by atoms with Crippen molar-refractivity contribution < 1.29 is 14.3 Å². The topological polar surface area (TPSA) is 65.4 Å². The van der Waals surface area contributed by atoms with Crippen LogP contribution in [0.1, 0.15) is 34.9 Å². The maximum absolute atomic E-state index is 12.5. The minimum absolute atomic E-state index is 0.184. The third-order valence-electron chi connectivity index (χ3n) is 4.75. The normalized spacial score (nSPS) is 15.6. The van der Waals surface area contributed by atoms with Crippen LogP contribution in [-0.2, 0) is 7.05 Å². The maximum atomic E-state index is 12.5.